The molecule has 1 fully saturated rings. The van der Waals surface area contributed by atoms with E-state index in [1.807, 2.05) is 24.3 Å². The number of anilines is 3. The van der Waals surface area contributed by atoms with Gasteiger partial charge in [-0.2, -0.15) is 0 Å². The molecule has 2 aliphatic heterocycles. The largest absolute Gasteiger partial charge is 0.367 e. The fraction of sp³-hybridized carbons (Fsp3) is 0.435. The third-order valence-electron chi connectivity index (χ3n) is 6.17. The summed E-state index contributed by atoms with van der Waals surface area (Å²) >= 11 is 0. The Hall–Kier alpha value is -2.58. The number of amides is 1. The van der Waals surface area contributed by atoms with Crippen molar-refractivity contribution in [3.63, 3.8) is 0 Å². The number of likely N-dealkylation sites (N-methyl/N-ethyl adjacent to an activating group) is 1. The lowest BCUT2D eigenvalue weighted by Gasteiger charge is -2.36. The van der Waals surface area contributed by atoms with Gasteiger partial charge in [0.25, 0.3) is 10.0 Å². The monoisotopic (exact) mass is 442 g/mol. The molecule has 1 N–H and O–H groups in total. The Morgan fingerprint density at radius 2 is 1.74 bits per heavy atom. The van der Waals surface area contributed by atoms with Crippen LogP contribution in [0, 0.1) is 0 Å². The van der Waals surface area contributed by atoms with Crippen molar-refractivity contribution in [2.24, 2.45) is 0 Å². The van der Waals surface area contributed by atoms with Gasteiger partial charge in [0.1, 0.15) is 0 Å². The highest BCUT2D eigenvalue weighted by molar-refractivity contribution is 7.92. The van der Waals surface area contributed by atoms with Crippen molar-refractivity contribution in [1.82, 2.24) is 4.90 Å². The van der Waals surface area contributed by atoms with Crippen LogP contribution in [0.4, 0.5) is 17.1 Å². The first-order valence-electron chi connectivity index (χ1n) is 10.9. The summed E-state index contributed by atoms with van der Waals surface area (Å²) in [5.74, 6) is -0.0215. The molecule has 2 aliphatic rings. The van der Waals surface area contributed by atoms with Crippen LogP contribution in [-0.4, -0.2) is 58.5 Å². The molecule has 0 atom stereocenters. The van der Waals surface area contributed by atoms with Crippen LogP contribution in [0.2, 0.25) is 0 Å². The molecule has 2 aromatic carbocycles. The summed E-state index contributed by atoms with van der Waals surface area (Å²) in [4.78, 5) is 18.5. The fourth-order valence-electron chi connectivity index (χ4n) is 4.41. The number of fused-ring (bicyclic) bond motifs is 1. The molecule has 1 amide bonds. The molecule has 31 heavy (non-hydrogen) atoms. The minimum Gasteiger partial charge on any atom is -0.367 e. The van der Waals surface area contributed by atoms with Gasteiger partial charge in [0.2, 0.25) is 5.91 Å². The predicted octanol–water partition coefficient (Wildman–Crippen LogP) is 2.93. The summed E-state index contributed by atoms with van der Waals surface area (Å²) in [6.45, 7) is 9.07. The average molecular weight is 443 g/mol. The molecule has 2 heterocycles. The number of carbonyl (C=O) groups is 1. The first kappa shape index (κ1) is 21.6. The maximum atomic E-state index is 13.2. The van der Waals surface area contributed by atoms with Gasteiger partial charge in [0.05, 0.1) is 16.3 Å². The Balaban J connectivity index is 1.58. The number of sulfonamides is 1. The summed E-state index contributed by atoms with van der Waals surface area (Å²) in [6.07, 6.45) is 1.59. The van der Waals surface area contributed by atoms with Gasteiger partial charge in [0.15, 0.2) is 0 Å². The molecule has 0 aromatic heterocycles. The smallest absolute Gasteiger partial charge is 0.261 e. The van der Waals surface area contributed by atoms with E-state index in [1.54, 1.807) is 30.0 Å². The van der Waals surface area contributed by atoms with Crippen LogP contribution in [0.25, 0.3) is 0 Å². The van der Waals surface area contributed by atoms with E-state index < -0.39 is 10.0 Å². The summed E-state index contributed by atoms with van der Waals surface area (Å²) in [5.41, 5.74) is 3.21. The molecular weight excluding hydrogens is 412 g/mol. The number of carbonyl (C=O) groups excluding carboxylic acids is 1. The molecule has 2 aromatic rings. The Labute approximate surface area is 184 Å². The van der Waals surface area contributed by atoms with Crippen LogP contribution in [0.3, 0.4) is 0 Å². The lowest BCUT2D eigenvalue weighted by molar-refractivity contribution is -0.116. The van der Waals surface area contributed by atoms with Crippen LogP contribution in [0.15, 0.2) is 47.4 Å². The second-order valence-corrected chi connectivity index (χ2v) is 9.79. The quantitative estimate of drug-likeness (QED) is 0.771. The number of hydrogen-bond acceptors (Lipinski definition) is 5. The zero-order valence-corrected chi connectivity index (χ0v) is 19.0. The van der Waals surface area contributed by atoms with Crippen LogP contribution in [0.5, 0.6) is 0 Å². The first-order valence-corrected chi connectivity index (χ1v) is 12.4. The Kier molecular flexibility index (Phi) is 6.20. The topological polar surface area (TPSA) is 73.0 Å². The minimum atomic E-state index is -3.75. The molecular formula is C23H30N4O3S. The SMILES string of the molecule is CCN1CCN(c2ccccc2NS(=O)(=O)c2ccc3c(c2)CCCN3C(C)=O)CC1. The van der Waals surface area contributed by atoms with Crippen molar-refractivity contribution in [2.45, 2.75) is 31.6 Å². The van der Waals surface area contributed by atoms with Crippen LogP contribution in [0.1, 0.15) is 25.8 Å². The fourth-order valence-corrected chi connectivity index (χ4v) is 5.54. The summed E-state index contributed by atoms with van der Waals surface area (Å²) in [6, 6.07) is 12.6. The van der Waals surface area contributed by atoms with Gasteiger partial charge in [-0.3, -0.25) is 9.52 Å². The Morgan fingerprint density at radius 3 is 2.45 bits per heavy atom. The number of para-hydroxylation sites is 2. The van der Waals surface area contributed by atoms with Gasteiger partial charge in [-0.05, 0) is 55.3 Å². The Bertz CT molecular complexity index is 1060. The zero-order chi connectivity index (χ0) is 22.0. The molecule has 0 aliphatic carbocycles. The lowest BCUT2D eigenvalue weighted by atomic mass is 10.0. The van der Waals surface area contributed by atoms with Crippen LogP contribution < -0.4 is 14.5 Å². The van der Waals surface area contributed by atoms with E-state index in [2.05, 4.69) is 21.4 Å². The standard InChI is InChI=1S/C23H30N4O3S/c1-3-25-13-15-26(16-14-25)23-9-5-4-8-21(23)24-31(29,30)20-10-11-22-19(17-20)7-6-12-27(22)18(2)28/h4-5,8-11,17,24H,3,6-7,12-16H2,1-2H3. The lowest BCUT2D eigenvalue weighted by Crippen LogP contribution is -2.46. The third-order valence-corrected chi connectivity index (χ3v) is 7.53. The molecule has 0 unspecified atom stereocenters. The van der Waals surface area contributed by atoms with Crippen LogP contribution >= 0.6 is 0 Å². The van der Waals surface area contributed by atoms with E-state index in [4.69, 9.17) is 0 Å². The number of hydrogen-bond donors (Lipinski definition) is 1. The molecule has 0 radical (unpaired) electrons. The average Bonchev–Trinajstić information content (AvgIpc) is 2.78. The molecule has 166 valence electrons. The molecule has 4 rings (SSSR count). The highest BCUT2D eigenvalue weighted by Gasteiger charge is 2.25. The summed E-state index contributed by atoms with van der Waals surface area (Å²) in [7, 11) is -3.75. The van der Waals surface area contributed by atoms with Crippen LogP contribution in [-0.2, 0) is 21.2 Å². The number of piperazine rings is 1. The van der Waals surface area contributed by atoms with E-state index in [9.17, 15) is 13.2 Å². The van der Waals surface area contributed by atoms with E-state index in [0.29, 0.717) is 12.2 Å². The predicted molar refractivity (Wildman–Crippen MR) is 124 cm³/mol. The van der Waals surface area contributed by atoms with Crippen molar-refractivity contribution in [3.05, 3.63) is 48.0 Å². The van der Waals surface area contributed by atoms with E-state index >= 15 is 0 Å². The van der Waals surface area contributed by atoms with E-state index in [0.717, 1.165) is 62.5 Å². The van der Waals surface area contributed by atoms with Crippen molar-refractivity contribution in [2.75, 3.05) is 53.8 Å². The maximum absolute atomic E-state index is 13.2. The van der Waals surface area contributed by atoms with Gasteiger partial charge < -0.3 is 14.7 Å². The second-order valence-electron chi connectivity index (χ2n) is 8.11. The van der Waals surface area contributed by atoms with Gasteiger partial charge in [-0.25, -0.2) is 8.42 Å². The molecule has 0 saturated carbocycles. The Morgan fingerprint density at radius 1 is 1.00 bits per heavy atom. The third kappa shape index (κ3) is 4.55. The van der Waals surface area contributed by atoms with Crippen molar-refractivity contribution >= 4 is 33.0 Å². The normalized spacial score (nSPS) is 17.4. The van der Waals surface area contributed by atoms with Crippen molar-refractivity contribution in [1.29, 1.82) is 0 Å². The molecule has 8 heteroatoms. The number of nitrogens with one attached hydrogen (secondary N) is 1. The minimum absolute atomic E-state index is 0.0215. The molecule has 7 nitrogen and oxygen atoms in total. The molecule has 1 saturated heterocycles. The number of benzene rings is 2. The van der Waals surface area contributed by atoms with Gasteiger partial charge in [-0.1, -0.05) is 19.1 Å². The van der Waals surface area contributed by atoms with Crippen molar-refractivity contribution < 1.29 is 13.2 Å². The number of nitrogens with zero attached hydrogens (tertiary/aromatic N) is 3. The van der Waals surface area contributed by atoms with E-state index in [1.165, 1.54) is 0 Å². The maximum Gasteiger partial charge on any atom is 0.261 e. The van der Waals surface area contributed by atoms with Crippen molar-refractivity contribution in [3.8, 4) is 0 Å². The molecule has 0 spiro atoms. The first-order chi connectivity index (χ1) is 14.9. The van der Waals surface area contributed by atoms with Gasteiger partial charge in [-0.15, -0.1) is 0 Å². The molecule has 0 bridgehead atoms. The number of aryl methyl sites for hydroxylation is 1. The highest BCUT2D eigenvalue weighted by Crippen LogP contribution is 2.32. The summed E-state index contributed by atoms with van der Waals surface area (Å²) < 4.78 is 29.2. The summed E-state index contributed by atoms with van der Waals surface area (Å²) in [5, 5.41) is 0. The number of rotatable bonds is 5. The van der Waals surface area contributed by atoms with E-state index in [-0.39, 0.29) is 10.8 Å². The van der Waals surface area contributed by atoms with Gasteiger partial charge in [0, 0.05) is 45.3 Å². The van der Waals surface area contributed by atoms with Gasteiger partial charge >= 0.3 is 0 Å². The zero-order valence-electron chi connectivity index (χ0n) is 18.2. The second kappa shape index (κ2) is 8.88. The highest BCUT2D eigenvalue weighted by atomic mass is 32.2.